The molecule has 5 aromatic rings. The van der Waals surface area contributed by atoms with Gasteiger partial charge in [0.05, 0.1) is 0 Å². The zero-order valence-corrected chi connectivity index (χ0v) is 21.9. The predicted molar refractivity (Wildman–Crippen MR) is 151 cm³/mol. The van der Waals surface area contributed by atoms with Crippen molar-refractivity contribution in [3.8, 4) is 6.07 Å². The predicted octanol–water partition coefficient (Wildman–Crippen LogP) is 7.03. The van der Waals surface area contributed by atoms with Crippen LogP contribution >= 0.6 is 34.7 Å². The van der Waals surface area contributed by atoms with E-state index in [4.69, 9.17) is 11.6 Å². The highest BCUT2D eigenvalue weighted by Gasteiger charge is 2.15. The summed E-state index contributed by atoms with van der Waals surface area (Å²) in [6.45, 7) is 0.683. The summed E-state index contributed by atoms with van der Waals surface area (Å²) >= 11 is 8.96. The van der Waals surface area contributed by atoms with Crippen LogP contribution in [0.5, 0.6) is 0 Å². The van der Waals surface area contributed by atoms with Gasteiger partial charge in [0.25, 0.3) is 5.91 Å². The molecule has 0 saturated heterocycles. The third kappa shape index (κ3) is 5.92. The lowest BCUT2D eigenvalue weighted by Crippen LogP contribution is -2.13. The van der Waals surface area contributed by atoms with Crippen LogP contribution < -0.4 is 5.32 Å². The number of carbonyl (C=O) groups excluding carboxylic acids is 1. The van der Waals surface area contributed by atoms with Crippen LogP contribution in [0, 0.1) is 11.3 Å². The van der Waals surface area contributed by atoms with Crippen molar-refractivity contribution in [2.24, 2.45) is 0 Å². The number of nitriles is 1. The van der Waals surface area contributed by atoms with Crippen molar-refractivity contribution in [2.45, 2.75) is 16.6 Å². The Balaban J connectivity index is 1.32. The maximum Gasteiger partial charge on any atom is 0.268 e. The molecule has 0 atom stereocenters. The fraction of sp³-hybridized carbons (Fsp3) is 0.0714. The van der Waals surface area contributed by atoms with Crippen LogP contribution in [0.2, 0.25) is 5.02 Å². The molecule has 2 aromatic heterocycles. The van der Waals surface area contributed by atoms with Crippen LogP contribution in [-0.2, 0) is 17.1 Å². The second-order valence-electron chi connectivity index (χ2n) is 8.09. The van der Waals surface area contributed by atoms with Crippen LogP contribution in [0.4, 0.5) is 5.13 Å². The van der Waals surface area contributed by atoms with Gasteiger partial charge in [0.1, 0.15) is 11.6 Å². The molecule has 0 aliphatic rings. The number of halogens is 1. The van der Waals surface area contributed by atoms with Crippen molar-refractivity contribution in [1.29, 1.82) is 5.26 Å². The summed E-state index contributed by atoms with van der Waals surface area (Å²) in [6.07, 6.45) is 3.59. The number of para-hydroxylation sites is 1. The molecule has 0 aliphatic heterocycles. The van der Waals surface area contributed by atoms with Crippen molar-refractivity contribution in [3.05, 3.63) is 112 Å². The number of hydrogen-bond acceptors (Lipinski definition) is 6. The van der Waals surface area contributed by atoms with E-state index < -0.39 is 5.91 Å². The number of nitrogens with zero attached hydrogens (tertiary/aromatic N) is 4. The first kappa shape index (κ1) is 24.8. The molecule has 2 heterocycles. The van der Waals surface area contributed by atoms with Gasteiger partial charge in [-0.3, -0.25) is 10.1 Å². The lowest BCUT2D eigenvalue weighted by Gasteiger charge is -2.05. The highest BCUT2D eigenvalue weighted by molar-refractivity contribution is 8.00. The first-order chi connectivity index (χ1) is 18.1. The summed E-state index contributed by atoms with van der Waals surface area (Å²) in [5.41, 5.74) is 3.97. The van der Waals surface area contributed by atoms with Gasteiger partial charge >= 0.3 is 0 Å². The summed E-state index contributed by atoms with van der Waals surface area (Å²) in [5.74, 6) is 0.111. The first-order valence-corrected chi connectivity index (χ1v) is 13.5. The summed E-state index contributed by atoms with van der Waals surface area (Å²) in [6, 6.07) is 27.7. The molecule has 37 heavy (non-hydrogen) atoms. The Morgan fingerprint density at radius 3 is 2.62 bits per heavy atom. The van der Waals surface area contributed by atoms with E-state index in [0.717, 1.165) is 27.6 Å². The maximum absolute atomic E-state index is 12.9. The van der Waals surface area contributed by atoms with Gasteiger partial charge in [-0.25, -0.2) is 0 Å². The summed E-state index contributed by atoms with van der Waals surface area (Å²) in [5, 5.41) is 22.7. The smallest absolute Gasteiger partial charge is 0.268 e. The average molecular weight is 542 g/mol. The minimum absolute atomic E-state index is 0.0110. The number of anilines is 1. The van der Waals surface area contributed by atoms with Gasteiger partial charge in [-0.2, -0.15) is 5.26 Å². The fourth-order valence-corrected chi connectivity index (χ4v) is 5.88. The Bertz CT molecular complexity index is 1640. The zero-order valence-electron chi connectivity index (χ0n) is 19.5. The van der Waals surface area contributed by atoms with E-state index in [-0.39, 0.29) is 5.57 Å². The van der Waals surface area contributed by atoms with Crippen LogP contribution in [0.1, 0.15) is 16.7 Å². The first-order valence-electron chi connectivity index (χ1n) is 11.4. The molecular weight excluding hydrogens is 522 g/mol. The van der Waals surface area contributed by atoms with Gasteiger partial charge in [0, 0.05) is 40.0 Å². The molecule has 1 amide bonds. The van der Waals surface area contributed by atoms with Crippen LogP contribution in [0.15, 0.2) is 95.0 Å². The molecule has 5 rings (SSSR count). The normalized spacial score (nSPS) is 11.4. The number of carbonyl (C=O) groups is 1. The third-order valence-corrected chi connectivity index (χ3v) is 8.01. The molecule has 3 aromatic carbocycles. The van der Waals surface area contributed by atoms with Crippen molar-refractivity contribution in [2.75, 3.05) is 5.32 Å². The maximum atomic E-state index is 12.9. The van der Waals surface area contributed by atoms with Crippen LogP contribution in [0.3, 0.4) is 0 Å². The molecule has 182 valence electrons. The Morgan fingerprint density at radius 2 is 1.81 bits per heavy atom. The minimum atomic E-state index is -0.527. The largest absolute Gasteiger partial charge is 0.342 e. The highest BCUT2D eigenvalue weighted by Crippen LogP contribution is 2.31. The number of fused-ring (bicyclic) bond motifs is 1. The van der Waals surface area contributed by atoms with Gasteiger partial charge in [-0.15, -0.1) is 10.2 Å². The monoisotopic (exact) mass is 541 g/mol. The third-order valence-electron chi connectivity index (χ3n) is 5.62. The van der Waals surface area contributed by atoms with E-state index >= 15 is 0 Å². The van der Waals surface area contributed by atoms with Gasteiger partial charge < -0.3 is 4.57 Å². The molecule has 1 N–H and O–H groups in total. The highest BCUT2D eigenvalue weighted by atomic mass is 35.5. The topological polar surface area (TPSA) is 83.6 Å². The Labute approximate surface area is 227 Å². The summed E-state index contributed by atoms with van der Waals surface area (Å²) < 4.78 is 2.82. The van der Waals surface area contributed by atoms with Crippen LogP contribution in [-0.4, -0.2) is 20.7 Å². The molecule has 0 unspecified atom stereocenters. The summed E-state index contributed by atoms with van der Waals surface area (Å²) in [7, 11) is 0. The van der Waals surface area contributed by atoms with E-state index in [9.17, 15) is 10.1 Å². The molecule has 0 aliphatic carbocycles. The standard InChI is InChI=1S/C28H20ClN5OS2/c29-24-12-6-4-10-20(24)18-36-28-33-32-27(37-28)31-26(35)21(15-30)14-22-17-34(16-19-8-2-1-3-9-19)25-13-7-5-11-23(22)25/h1-14,17H,16,18H2,(H,31,32,35)/b21-14+. The van der Waals surface area contributed by atoms with E-state index in [1.165, 1.54) is 23.1 Å². The molecule has 0 saturated carbocycles. The quantitative estimate of drug-likeness (QED) is 0.0986. The number of amides is 1. The molecule has 0 spiro atoms. The Morgan fingerprint density at radius 1 is 1.05 bits per heavy atom. The van der Waals surface area contributed by atoms with Crippen molar-refractivity contribution >= 4 is 62.7 Å². The lowest BCUT2D eigenvalue weighted by atomic mass is 10.1. The number of nitrogens with one attached hydrogen (secondary N) is 1. The SMILES string of the molecule is N#C/C(=C\c1cn(Cc2ccccc2)c2ccccc12)C(=O)Nc1nnc(SCc2ccccc2Cl)s1. The van der Waals surface area contributed by atoms with Gasteiger partial charge in [-0.05, 0) is 29.3 Å². The lowest BCUT2D eigenvalue weighted by molar-refractivity contribution is -0.112. The van der Waals surface area contributed by atoms with E-state index in [1.54, 1.807) is 6.08 Å². The van der Waals surface area contributed by atoms with Crippen molar-refractivity contribution in [3.63, 3.8) is 0 Å². The number of aromatic nitrogens is 3. The minimum Gasteiger partial charge on any atom is -0.342 e. The molecule has 0 radical (unpaired) electrons. The average Bonchev–Trinajstić information content (AvgIpc) is 3.51. The van der Waals surface area contributed by atoms with Crippen LogP contribution in [0.25, 0.3) is 17.0 Å². The second-order valence-corrected chi connectivity index (χ2v) is 10.7. The van der Waals surface area contributed by atoms with E-state index in [2.05, 4.69) is 32.2 Å². The van der Waals surface area contributed by atoms with E-state index in [0.29, 0.717) is 26.8 Å². The summed E-state index contributed by atoms with van der Waals surface area (Å²) in [4.78, 5) is 12.9. The number of thioether (sulfide) groups is 1. The zero-order chi connectivity index (χ0) is 25.6. The van der Waals surface area contributed by atoms with Gasteiger partial charge in [0.15, 0.2) is 4.34 Å². The molecule has 0 fully saturated rings. The Kier molecular flexibility index (Phi) is 7.66. The van der Waals surface area contributed by atoms with Crippen molar-refractivity contribution in [1.82, 2.24) is 14.8 Å². The molecule has 9 heteroatoms. The van der Waals surface area contributed by atoms with Gasteiger partial charge in [-0.1, -0.05) is 101 Å². The molecular formula is C28H20ClN5OS2. The molecule has 6 nitrogen and oxygen atoms in total. The number of benzene rings is 3. The number of rotatable bonds is 8. The Hall–Kier alpha value is -3.90. The molecule has 0 bridgehead atoms. The number of hydrogen-bond donors (Lipinski definition) is 1. The van der Waals surface area contributed by atoms with Gasteiger partial charge in [0.2, 0.25) is 5.13 Å². The second kappa shape index (κ2) is 11.4. The van der Waals surface area contributed by atoms with Crippen molar-refractivity contribution < 1.29 is 4.79 Å². The fourth-order valence-electron chi connectivity index (χ4n) is 3.84. The van der Waals surface area contributed by atoms with E-state index in [1.807, 2.05) is 79.0 Å².